The molecule has 0 unspecified atom stereocenters. The molecule has 0 aliphatic rings. The predicted octanol–water partition coefficient (Wildman–Crippen LogP) is 4.57. The fourth-order valence-corrected chi connectivity index (χ4v) is 2.48. The Labute approximate surface area is 153 Å². The molecule has 24 heavy (non-hydrogen) atoms. The molecule has 0 atom stereocenters. The van der Waals surface area contributed by atoms with Gasteiger partial charge in [0.2, 0.25) is 0 Å². The van der Waals surface area contributed by atoms with Gasteiger partial charge in [-0.05, 0) is 46.3 Å². The van der Waals surface area contributed by atoms with Crippen molar-refractivity contribution in [1.29, 1.82) is 5.26 Å². The van der Waals surface area contributed by atoms with Gasteiger partial charge in [-0.3, -0.25) is 4.79 Å². The number of carbonyl (C=O) groups excluding carboxylic acids is 1. The van der Waals surface area contributed by atoms with E-state index >= 15 is 0 Å². The monoisotopic (exact) mass is 405 g/mol. The number of benzene rings is 2. The second kappa shape index (κ2) is 8.39. The number of para-hydroxylation sites is 1. The van der Waals surface area contributed by atoms with Crippen LogP contribution in [0.15, 0.2) is 58.7 Å². The Morgan fingerprint density at radius 2 is 2.08 bits per heavy atom. The summed E-state index contributed by atoms with van der Waals surface area (Å²) in [5.74, 6) is -0.0420. The Morgan fingerprint density at radius 3 is 2.71 bits per heavy atom. The minimum Gasteiger partial charge on any atom is -0.495 e. The molecule has 2 N–H and O–H groups in total. The third kappa shape index (κ3) is 4.51. The molecular weight excluding hydrogens is 394 g/mol. The molecule has 2 aromatic carbocycles. The second-order valence-corrected chi connectivity index (χ2v) is 5.86. The summed E-state index contributed by atoms with van der Waals surface area (Å²) in [6.07, 6.45) is 1.35. The lowest BCUT2D eigenvalue weighted by Gasteiger charge is -2.08. The van der Waals surface area contributed by atoms with Gasteiger partial charge in [-0.1, -0.05) is 23.7 Å². The molecule has 0 fully saturated rings. The molecule has 5 nitrogen and oxygen atoms in total. The number of nitrogens with zero attached hydrogens (tertiary/aromatic N) is 1. The van der Waals surface area contributed by atoms with Gasteiger partial charge in [-0.25, -0.2) is 0 Å². The molecule has 0 saturated heterocycles. The minimum atomic E-state index is -0.543. The molecule has 0 aliphatic carbocycles. The molecule has 0 radical (unpaired) electrons. The lowest BCUT2D eigenvalue weighted by molar-refractivity contribution is -0.112. The first-order chi connectivity index (χ1) is 11.5. The van der Waals surface area contributed by atoms with Crippen LogP contribution in [-0.2, 0) is 4.79 Å². The maximum absolute atomic E-state index is 12.2. The average molecular weight is 407 g/mol. The van der Waals surface area contributed by atoms with Crippen LogP contribution < -0.4 is 15.4 Å². The molecule has 0 heterocycles. The van der Waals surface area contributed by atoms with Crippen LogP contribution in [0.2, 0.25) is 5.02 Å². The summed E-state index contributed by atoms with van der Waals surface area (Å²) in [5, 5.41) is 15.1. The molecular formula is C17H13BrClN3O2. The summed E-state index contributed by atoms with van der Waals surface area (Å²) in [5.41, 5.74) is 1.14. The molecule has 0 saturated carbocycles. The van der Waals surface area contributed by atoms with Crippen molar-refractivity contribution in [1.82, 2.24) is 0 Å². The van der Waals surface area contributed by atoms with E-state index in [0.29, 0.717) is 16.5 Å². The van der Waals surface area contributed by atoms with Crippen molar-refractivity contribution in [2.24, 2.45) is 0 Å². The average Bonchev–Trinajstić information content (AvgIpc) is 2.57. The molecule has 0 bridgehead atoms. The second-order valence-electron chi connectivity index (χ2n) is 4.60. The number of hydrogen-bond donors (Lipinski definition) is 2. The molecule has 1 amide bonds. The van der Waals surface area contributed by atoms with Crippen LogP contribution in [-0.4, -0.2) is 13.0 Å². The highest BCUT2D eigenvalue weighted by Gasteiger charge is 2.11. The molecule has 122 valence electrons. The van der Waals surface area contributed by atoms with Gasteiger partial charge < -0.3 is 15.4 Å². The molecule has 0 aliphatic heterocycles. The summed E-state index contributed by atoms with van der Waals surface area (Å²) in [6, 6.07) is 14.1. The normalized spacial score (nSPS) is 10.7. The molecule has 2 aromatic rings. The van der Waals surface area contributed by atoms with Crippen LogP contribution >= 0.6 is 27.5 Å². The summed E-state index contributed by atoms with van der Waals surface area (Å²) in [4.78, 5) is 12.2. The Morgan fingerprint density at radius 1 is 1.33 bits per heavy atom. The van der Waals surface area contributed by atoms with Gasteiger partial charge in [0, 0.05) is 16.4 Å². The van der Waals surface area contributed by atoms with Crippen molar-refractivity contribution >= 4 is 44.8 Å². The lowest BCUT2D eigenvalue weighted by atomic mass is 10.2. The van der Waals surface area contributed by atoms with E-state index in [2.05, 4.69) is 26.6 Å². The number of nitriles is 1. The summed E-state index contributed by atoms with van der Waals surface area (Å²) in [6.45, 7) is 0. The van der Waals surface area contributed by atoms with Crippen molar-refractivity contribution in [2.75, 3.05) is 17.7 Å². The number of ether oxygens (including phenoxy) is 1. The Hall–Kier alpha value is -2.49. The Balaban J connectivity index is 2.12. The largest absolute Gasteiger partial charge is 0.495 e. The minimum absolute atomic E-state index is 0.0716. The van der Waals surface area contributed by atoms with Crippen molar-refractivity contribution in [3.05, 3.63) is 63.7 Å². The number of nitrogens with one attached hydrogen (secondary N) is 2. The number of hydrogen-bond acceptors (Lipinski definition) is 4. The lowest BCUT2D eigenvalue weighted by Crippen LogP contribution is -2.14. The Bertz CT molecular complexity index is 831. The van der Waals surface area contributed by atoms with E-state index in [1.807, 2.05) is 30.3 Å². The summed E-state index contributed by atoms with van der Waals surface area (Å²) in [7, 11) is 1.50. The molecule has 2 rings (SSSR count). The van der Waals surface area contributed by atoms with Gasteiger partial charge in [0.25, 0.3) is 5.91 Å². The first-order valence-electron chi connectivity index (χ1n) is 6.81. The zero-order chi connectivity index (χ0) is 17.5. The maximum atomic E-state index is 12.2. The first-order valence-corrected chi connectivity index (χ1v) is 7.98. The fourth-order valence-electron chi connectivity index (χ4n) is 1.82. The van der Waals surface area contributed by atoms with Gasteiger partial charge in [0.05, 0.1) is 17.8 Å². The van der Waals surface area contributed by atoms with Crippen molar-refractivity contribution in [3.63, 3.8) is 0 Å². The molecule has 0 spiro atoms. The third-order valence-corrected chi connectivity index (χ3v) is 4.01. The van der Waals surface area contributed by atoms with Gasteiger partial charge >= 0.3 is 0 Å². The van der Waals surface area contributed by atoms with E-state index < -0.39 is 5.91 Å². The molecule has 0 aromatic heterocycles. The van der Waals surface area contributed by atoms with E-state index in [1.165, 1.54) is 13.3 Å². The third-order valence-electron chi connectivity index (χ3n) is 3.02. The van der Waals surface area contributed by atoms with E-state index in [1.54, 1.807) is 18.2 Å². The first kappa shape index (κ1) is 17.9. The number of rotatable bonds is 5. The summed E-state index contributed by atoms with van der Waals surface area (Å²) < 4.78 is 5.87. The van der Waals surface area contributed by atoms with Crippen LogP contribution in [0, 0.1) is 11.3 Å². The van der Waals surface area contributed by atoms with Crippen molar-refractivity contribution in [3.8, 4) is 11.8 Å². The zero-order valence-corrected chi connectivity index (χ0v) is 15.0. The van der Waals surface area contributed by atoms with Crippen LogP contribution in [0.1, 0.15) is 0 Å². The highest BCUT2D eigenvalue weighted by atomic mass is 79.9. The number of halogens is 2. The highest BCUT2D eigenvalue weighted by Crippen LogP contribution is 2.27. The predicted molar refractivity (Wildman–Crippen MR) is 98.1 cm³/mol. The fraction of sp³-hybridized carbons (Fsp3) is 0.0588. The van der Waals surface area contributed by atoms with Crippen molar-refractivity contribution in [2.45, 2.75) is 0 Å². The van der Waals surface area contributed by atoms with Gasteiger partial charge in [0.15, 0.2) is 0 Å². The van der Waals surface area contributed by atoms with E-state index in [4.69, 9.17) is 16.3 Å². The summed E-state index contributed by atoms with van der Waals surface area (Å²) >= 11 is 9.39. The van der Waals surface area contributed by atoms with Gasteiger partial charge in [-0.2, -0.15) is 5.26 Å². The van der Waals surface area contributed by atoms with Crippen molar-refractivity contribution < 1.29 is 9.53 Å². The quantitative estimate of drug-likeness (QED) is 0.563. The van der Waals surface area contributed by atoms with Crippen LogP contribution in [0.4, 0.5) is 11.4 Å². The number of carbonyl (C=O) groups is 1. The van der Waals surface area contributed by atoms with E-state index in [9.17, 15) is 10.1 Å². The zero-order valence-electron chi connectivity index (χ0n) is 12.6. The topological polar surface area (TPSA) is 74.1 Å². The van der Waals surface area contributed by atoms with Crippen LogP contribution in [0.3, 0.4) is 0 Å². The van der Waals surface area contributed by atoms with Gasteiger partial charge in [-0.15, -0.1) is 0 Å². The standard InChI is InChI=1S/C17H13BrClN3O2/c1-24-16-7-6-12(8-14(16)19)22-17(23)11(9-20)10-21-15-5-3-2-4-13(15)18/h2-8,10,21H,1H3,(H,22,23)/b11-10-. The SMILES string of the molecule is COc1ccc(NC(=O)/C(C#N)=C\Nc2ccccc2Br)cc1Cl. The number of amides is 1. The highest BCUT2D eigenvalue weighted by molar-refractivity contribution is 9.10. The van der Waals surface area contributed by atoms with E-state index in [0.717, 1.165) is 10.2 Å². The number of anilines is 2. The van der Waals surface area contributed by atoms with E-state index in [-0.39, 0.29) is 5.57 Å². The van der Waals surface area contributed by atoms with Gasteiger partial charge in [0.1, 0.15) is 17.4 Å². The van der Waals surface area contributed by atoms with Crippen LogP contribution in [0.25, 0.3) is 0 Å². The maximum Gasteiger partial charge on any atom is 0.267 e. The Kier molecular flexibility index (Phi) is 6.24. The molecule has 7 heteroatoms. The smallest absolute Gasteiger partial charge is 0.267 e. The number of methoxy groups -OCH3 is 1. The van der Waals surface area contributed by atoms with Crippen LogP contribution in [0.5, 0.6) is 5.75 Å².